The van der Waals surface area contributed by atoms with Gasteiger partial charge < -0.3 is 15.0 Å². The standard InChI is InChI=1S/C25H21F2N3O/c26-18-3-1-2-16(12-18)15-31-19-4-5-23(27)21(13-19)20-8-11-29-25-22(20)14-24(30-25)17-6-9-28-10-7-17/h1-6,8,11-14,28H,7,9-10,15H2,(H,29,30). The lowest BCUT2D eigenvalue weighted by molar-refractivity contribution is 0.305. The Morgan fingerprint density at radius 3 is 2.77 bits per heavy atom. The first-order chi connectivity index (χ1) is 15.2. The number of nitrogens with zero attached hydrogens (tertiary/aromatic N) is 1. The molecule has 4 nitrogen and oxygen atoms in total. The monoisotopic (exact) mass is 417 g/mol. The Labute approximate surface area is 178 Å². The fraction of sp³-hybridized carbons (Fsp3) is 0.160. The minimum absolute atomic E-state index is 0.199. The number of rotatable bonds is 5. The van der Waals surface area contributed by atoms with E-state index in [1.54, 1.807) is 30.5 Å². The van der Waals surface area contributed by atoms with Crippen LogP contribution in [0.1, 0.15) is 17.7 Å². The minimum Gasteiger partial charge on any atom is -0.489 e. The highest BCUT2D eigenvalue weighted by Crippen LogP contribution is 2.34. The molecule has 2 aromatic heterocycles. The highest BCUT2D eigenvalue weighted by atomic mass is 19.1. The third-order valence-corrected chi connectivity index (χ3v) is 5.46. The van der Waals surface area contributed by atoms with Gasteiger partial charge in [-0.15, -0.1) is 0 Å². The van der Waals surface area contributed by atoms with Gasteiger partial charge in [0.15, 0.2) is 0 Å². The molecule has 156 valence electrons. The van der Waals surface area contributed by atoms with E-state index in [4.69, 9.17) is 4.74 Å². The number of benzene rings is 2. The summed E-state index contributed by atoms with van der Waals surface area (Å²) < 4.78 is 34.0. The second-order valence-corrected chi connectivity index (χ2v) is 7.55. The summed E-state index contributed by atoms with van der Waals surface area (Å²) in [7, 11) is 0. The molecule has 0 bridgehead atoms. The molecule has 0 amide bonds. The van der Waals surface area contributed by atoms with Crippen LogP contribution in [0.5, 0.6) is 5.75 Å². The smallest absolute Gasteiger partial charge is 0.138 e. The summed E-state index contributed by atoms with van der Waals surface area (Å²) in [6.45, 7) is 1.97. The van der Waals surface area contributed by atoms with Crippen LogP contribution in [0.15, 0.2) is 66.9 Å². The number of fused-ring (bicyclic) bond motifs is 1. The molecule has 0 atom stereocenters. The van der Waals surface area contributed by atoms with Crippen molar-refractivity contribution in [2.24, 2.45) is 0 Å². The fourth-order valence-electron chi connectivity index (χ4n) is 3.90. The maximum Gasteiger partial charge on any atom is 0.138 e. The lowest BCUT2D eigenvalue weighted by atomic mass is 10.0. The maximum absolute atomic E-state index is 14.8. The van der Waals surface area contributed by atoms with E-state index in [1.165, 1.54) is 23.8 Å². The molecular weight excluding hydrogens is 396 g/mol. The minimum atomic E-state index is -0.338. The largest absolute Gasteiger partial charge is 0.489 e. The van der Waals surface area contributed by atoms with Crippen LogP contribution >= 0.6 is 0 Å². The molecule has 0 unspecified atom stereocenters. The van der Waals surface area contributed by atoms with Gasteiger partial charge in [0.05, 0.1) is 0 Å². The van der Waals surface area contributed by atoms with Crippen molar-refractivity contribution in [3.05, 3.63) is 89.8 Å². The van der Waals surface area contributed by atoms with Crippen molar-refractivity contribution in [2.75, 3.05) is 13.1 Å². The Hall–Kier alpha value is -3.51. The zero-order valence-electron chi connectivity index (χ0n) is 16.8. The number of hydrogen-bond acceptors (Lipinski definition) is 3. The van der Waals surface area contributed by atoms with Crippen LogP contribution in [-0.2, 0) is 6.61 Å². The first-order valence-corrected chi connectivity index (χ1v) is 10.2. The van der Waals surface area contributed by atoms with Gasteiger partial charge in [-0.3, -0.25) is 0 Å². The van der Waals surface area contributed by atoms with E-state index in [9.17, 15) is 8.78 Å². The number of H-pyrrole nitrogens is 1. The van der Waals surface area contributed by atoms with Gasteiger partial charge in [-0.1, -0.05) is 18.2 Å². The topological polar surface area (TPSA) is 49.9 Å². The van der Waals surface area contributed by atoms with Gasteiger partial charge in [-0.25, -0.2) is 13.8 Å². The fourth-order valence-corrected chi connectivity index (χ4v) is 3.90. The van der Waals surface area contributed by atoms with Crippen LogP contribution in [0.4, 0.5) is 8.78 Å². The van der Waals surface area contributed by atoms with Crippen molar-refractivity contribution < 1.29 is 13.5 Å². The highest BCUT2D eigenvalue weighted by Gasteiger charge is 2.15. The summed E-state index contributed by atoms with van der Waals surface area (Å²) in [5.41, 5.74) is 4.86. The van der Waals surface area contributed by atoms with Gasteiger partial charge >= 0.3 is 0 Å². The Kier molecular flexibility index (Phi) is 5.22. The molecule has 1 aliphatic rings. The molecule has 6 heteroatoms. The number of halogens is 2. The molecule has 4 aromatic rings. The van der Waals surface area contributed by atoms with Gasteiger partial charge in [0.2, 0.25) is 0 Å². The number of aromatic nitrogens is 2. The van der Waals surface area contributed by atoms with Gasteiger partial charge in [0.1, 0.15) is 29.6 Å². The summed E-state index contributed by atoms with van der Waals surface area (Å²) in [6, 6.07) is 14.7. The lowest BCUT2D eigenvalue weighted by Crippen LogP contribution is -2.20. The van der Waals surface area contributed by atoms with Crippen molar-refractivity contribution in [1.29, 1.82) is 0 Å². The van der Waals surface area contributed by atoms with Crippen LogP contribution in [0.3, 0.4) is 0 Å². The summed E-state index contributed by atoms with van der Waals surface area (Å²) in [4.78, 5) is 7.80. The Bertz CT molecular complexity index is 1280. The second-order valence-electron chi connectivity index (χ2n) is 7.55. The third kappa shape index (κ3) is 4.07. The van der Waals surface area contributed by atoms with E-state index >= 15 is 0 Å². The van der Waals surface area contributed by atoms with Gasteiger partial charge in [0.25, 0.3) is 0 Å². The SMILES string of the molecule is Fc1cccc(COc2ccc(F)c(-c3ccnc4[nH]c(C5=CCNCC5)cc34)c2)c1. The van der Waals surface area contributed by atoms with Crippen LogP contribution in [0, 0.1) is 11.6 Å². The first kappa shape index (κ1) is 19.5. The molecular formula is C25H21F2N3O. The lowest BCUT2D eigenvalue weighted by Gasteiger charge is -2.12. The Morgan fingerprint density at radius 2 is 1.94 bits per heavy atom. The molecule has 2 N–H and O–H groups in total. The molecule has 2 aromatic carbocycles. The molecule has 0 saturated heterocycles. The predicted molar refractivity (Wildman–Crippen MR) is 118 cm³/mol. The number of nitrogens with one attached hydrogen (secondary N) is 2. The average molecular weight is 417 g/mol. The molecule has 1 aliphatic heterocycles. The second kappa shape index (κ2) is 8.32. The van der Waals surface area contributed by atoms with E-state index in [0.717, 1.165) is 41.8 Å². The number of hydrogen-bond donors (Lipinski definition) is 2. The third-order valence-electron chi connectivity index (χ3n) is 5.46. The van der Waals surface area contributed by atoms with Crippen LogP contribution in [0.25, 0.3) is 27.7 Å². The van der Waals surface area contributed by atoms with Crippen molar-refractivity contribution in [3.63, 3.8) is 0 Å². The van der Waals surface area contributed by atoms with Crippen molar-refractivity contribution >= 4 is 16.6 Å². The maximum atomic E-state index is 14.8. The van der Waals surface area contributed by atoms with Gasteiger partial charge in [0, 0.05) is 29.4 Å². The molecule has 0 radical (unpaired) electrons. The van der Waals surface area contributed by atoms with E-state index < -0.39 is 0 Å². The van der Waals surface area contributed by atoms with Crippen LogP contribution in [-0.4, -0.2) is 23.1 Å². The quantitative estimate of drug-likeness (QED) is 0.453. The zero-order valence-corrected chi connectivity index (χ0v) is 16.8. The zero-order chi connectivity index (χ0) is 21.2. The molecule has 0 aliphatic carbocycles. The number of ether oxygens (including phenoxy) is 1. The van der Waals surface area contributed by atoms with Crippen molar-refractivity contribution in [3.8, 4) is 16.9 Å². The highest BCUT2D eigenvalue weighted by molar-refractivity contribution is 5.95. The summed E-state index contributed by atoms with van der Waals surface area (Å²) in [5, 5.41) is 4.17. The van der Waals surface area contributed by atoms with E-state index in [1.807, 2.05) is 12.1 Å². The van der Waals surface area contributed by atoms with E-state index in [2.05, 4.69) is 21.4 Å². The predicted octanol–water partition coefficient (Wildman–Crippen LogP) is 5.46. The summed E-state index contributed by atoms with van der Waals surface area (Å²) >= 11 is 0. The molecule has 0 spiro atoms. The van der Waals surface area contributed by atoms with E-state index in [0.29, 0.717) is 16.9 Å². The molecule has 5 rings (SSSR count). The van der Waals surface area contributed by atoms with Crippen LogP contribution < -0.4 is 10.1 Å². The Balaban J connectivity index is 1.48. The molecule has 0 saturated carbocycles. The normalized spacial score (nSPS) is 13.9. The molecule has 0 fully saturated rings. The van der Waals surface area contributed by atoms with Crippen molar-refractivity contribution in [2.45, 2.75) is 13.0 Å². The van der Waals surface area contributed by atoms with E-state index in [-0.39, 0.29) is 18.2 Å². The summed E-state index contributed by atoms with van der Waals surface area (Å²) in [5.74, 6) is -0.135. The first-order valence-electron chi connectivity index (χ1n) is 10.2. The number of aromatic amines is 1. The van der Waals surface area contributed by atoms with Gasteiger partial charge in [-0.05, 0) is 72.1 Å². The average Bonchev–Trinajstić information content (AvgIpc) is 3.24. The molecule has 3 heterocycles. The number of pyridine rings is 1. The summed E-state index contributed by atoms with van der Waals surface area (Å²) in [6.07, 6.45) is 4.77. The Morgan fingerprint density at radius 1 is 1.00 bits per heavy atom. The van der Waals surface area contributed by atoms with Crippen LogP contribution in [0.2, 0.25) is 0 Å². The van der Waals surface area contributed by atoms with Gasteiger partial charge in [-0.2, -0.15) is 0 Å². The molecule has 31 heavy (non-hydrogen) atoms. The van der Waals surface area contributed by atoms with Crippen molar-refractivity contribution in [1.82, 2.24) is 15.3 Å².